The molecule has 2 heterocycles. The minimum atomic E-state index is -0.651. The maximum absolute atomic E-state index is 12.7. The third-order valence-electron chi connectivity index (χ3n) is 5.49. The lowest BCUT2D eigenvalue weighted by Crippen LogP contribution is -2.53. The number of amides is 3. The van der Waals surface area contributed by atoms with Gasteiger partial charge in [0.1, 0.15) is 17.1 Å². The van der Waals surface area contributed by atoms with Crippen LogP contribution in [0.15, 0.2) is 47.5 Å². The number of carbonyl (C=O) groups is 2. The SMILES string of the molecule is COc1ccc(Cl)cc1NC(=O)N1CCC2(CC1)N=C(c1ccc(C)cc1)C(=O)N2. The van der Waals surface area contributed by atoms with Gasteiger partial charge in [0, 0.05) is 36.5 Å². The van der Waals surface area contributed by atoms with Crippen LogP contribution in [-0.4, -0.2) is 48.4 Å². The first-order chi connectivity index (χ1) is 14.4. The van der Waals surface area contributed by atoms with E-state index in [0.29, 0.717) is 48.1 Å². The third kappa shape index (κ3) is 3.98. The minimum Gasteiger partial charge on any atom is -0.495 e. The lowest BCUT2D eigenvalue weighted by molar-refractivity contribution is -0.115. The Morgan fingerprint density at radius 2 is 1.90 bits per heavy atom. The highest BCUT2D eigenvalue weighted by Crippen LogP contribution is 2.31. The first kappa shape index (κ1) is 20.2. The molecule has 3 amide bonds. The van der Waals surface area contributed by atoms with Crippen LogP contribution < -0.4 is 15.4 Å². The third-order valence-corrected chi connectivity index (χ3v) is 5.73. The molecule has 0 radical (unpaired) electrons. The van der Waals surface area contributed by atoms with E-state index < -0.39 is 5.66 Å². The van der Waals surface area contributed by atoms with Crippen molar-refractivity contribution >= 4 is 34.9 Å². The monoisotopic (exact) mass is 426 g/mol. The molecule has 7 nitrogen and oxygen atoms in total. The first-order valence-electron chi connectivity index (χ1n) is 9.78. The quantitative estimate of drug-likeness (QED) is 0.786. The van der Waals surface area contributed by atoms with Gasteiger partial charge in [0.05, 0.1) is 12.8 Å². The number of nitrogens with one attached hydrogen (secondary N) is 2. The molecule has 2 aromatic rings. The number of aryl methyl sites for hydroxylation is 1. The van der Waals surface area contributed by atoms with Crippen molar-refractivity contribution in [3.8, 4) is 5.75 Å². The molecule has 0 aliphatic carbocycles. The Kier molecular flexibility index (Phi) is 5.39. The van der Waals surface area contributed by atoms with Crippen LogP contribution in [0.4, 0.5) is 10.5 Å². The molecule has 0 unspecified atom stereocenters. The van der Waals surface area contributed by atoms with E-state index in [2.05, 4.69) is 10.6 Å². The predicted octanol–water partition coefficient (Wildman–Crippen LogP) is 3.60. The van der Waals surface area contributed by atoms with Gasteiger partial charge in [0.25, 0.3) is 5.91 Å². The van der Waals surface area contributed by atoms with Crippen LogP contribution in [0.5, 0.6) is 5.75 Å². The molecule has 1 spiro atoms. The van der Waals surface area contributed by atoms with Crippen LogP contribution in [0.3, 0.4) is 0 Å². The standard InChI is InChI=1S/C22H23ClN4O3/c1-14-3-5-15(6-4-14)19-20(28)26-22(25-19)9-11-27(12-10-22)21(29)24-17-13-16(23)7-8-18(17)30-2/h3-8,13H,9-12H2,1-2H3,(H,24,29)(H,26,28). The van der Waals surface area contributed by atoms with Crippen molar-refractivity contribution in [3.63, 3.8) is 0 Å². The van der Waals surface area contributed by atoms with Gasteiger partial charge in [-0.1, -0.05) is 41.4 Å². The fourth-order valence-electron chi connectivity index (χ4n) is 3.76. The highest BCUT2D eigenvalue weighted by atomic mass is 35.5. The number of aliphatic imine (C=N–C) groups is 1. The summed E-state index contributed by atoms with van der Waals surface area (Å²) in [5.41, 5.74) is 2.26. The molecule has 0 aromatic heterocycles. The van der Waals surface area contributed by atoms with E-state index in [9.17, 15) is 9.59 Å². The van der Waals surface area contributed by atoms with Gasteiger partial charge in [-0.15, -0.1) is 0 Å². The van der Waals surface area contributed by atoms with Gasteiger partial charge in [0.15, 0.2) is 0 Å². The highest BCUT2D eigenvalue weighted by Gasteiger charge is 2.42. The summed E-state index contributed by atoms with van der Waals surface area (Å²) in [6.07, 6.45) is 1.10. The fraction of sp³-hybridized carbons (Fsp3) is 0.318. The number of benzene rings is 2. The summed E-state index contributed by atoms with van der Waals surface area (Å²) in [5, 5.41) is 6.39. The smallest absolute Gasteiger partial charge is 0.321 e. The lowest BCUT2D eigenvalue weighted by atomic mass is 9.98. The summed E-state index contributed by atoms with van der Waals surface area (Å²) in [5.74, 6) is 0.372. The van der Waals surface area contributed by atoms with E-state index in [1.165, 1.54) is 7.11 Å². The van der Waals surface area contributed by atoms with Gasteiger partial charge in [-0.05, 0) is 25.1 Å². The molecule has 0 atom stereocenters. The molecule has 2 aliphatic heterocycles. The Labute approximate surface area is 180 Å². The Balaban J connectivity index is 1.43. The molecule has 1 fully saturated rings. The Morgan fingerprint density at radius 3 is 2.57 bits per heavy atom. The van der Waals surface area contributed by atoms with E-state index in [-0.39, 0.29) is 11.9 Å². The second-order valence-electron chi connectivity index (χ2n) is 7.57. The normalized spacial score (nSPS) is 17.5. The molecule has 4 rings (SSSR count). The lowest BCUT2D eigenvalue weighted by Gasteiger charge is -2.37. The highest BCUT2D eigenvalue weighted by molar-refractivity contribution is 6.46. The summed E-state index contributed by atoms with van der Waals surface area (Å²) in [4.78, 5) is 31.7. The average Bonchev–Trinajstić information content (AvgIpc) is 3.05. The van der Waals surface area contributed by atoms with Gasteiger partial charge >= 0.3 is 6.03 Å². The van der Waals surface area contributed by atoms with Gasteiger partial charge in [-0.3, -0.25) is 9.79 Å². The molecule has 8 heteroatoms. The number of carbonyl (C=O) groups excluding carboxylic acids is 2. The van der Waals surface area contributed by atoms with Crippen LogP contribution in [0.2, 0.25) is 5.02 Å². The van der Waals surface area contributed by atoms with Gasteiger partial charge in [0.2, 0.25) is 0 Å². The van der Waals surface area contributed by atoms with Gasteiger partial charge in [-0.25, -0.2) is 4.79 Å². The van der Waals surface area contributed by atoms with E-state index in [1.807, 2.05) is 31.2 Å². The van der Waals surface area contributed by atoms with Crippen LogP contribution in [-0.2, 0) is 4.79 Å². The number of halogens is 1. The zero-order valence-corrected chi connectivity index (χ0v) is 17.6. The fourth-order valence-corrected chi connectivity index (χ4v) is 3.93. The predicted molar refractivity (Wildman–Crippen MR) is 116 cm³/mol. The van der Waals surface area contributed by atoms with Crippen molar-refractivity contribution in [3.05, 3.63) is 58.6 Å². The maximum Gasteiger partial charge on any atom is 0.321 e. The molecule has 2 N–H and O–H groups in total. The second kappa shape index (κ2) is 7.99. The van der Waals surface area contributed by atoms with E-state index in [0.717, 1.165) is 11.1 Å². The van der Waals surface area contributed by atoms with Crippen molar-refractivity contribution in [2.75, 3.05) is 25.5 Å². The molecular formula is C22H23ClN4O3. The Bertz CT molecular complexity index is 1010. The molecule has 0 bridgehead atoms. The number of hydrogen-bond acceptors (Lipinski definition) is 4. The van der Waals surface area contributed by atoms with E-state index in [1.54, 1.807) is 23.1 Å². The average molecular weight is 427 g/mol. The van der Waals surface area contributed by atoms with Gasteiger partial charge in [-0.2, -0.15) is 0 Å². The summed E-state index contributed by atoms with van der Waals surface area (Å²) in [6.45, 7) is 2.95. The topological polar surface area (TPSA) is 83.0 Å². The summed E-state index contributed by atoms with van der Waals surface area (Å²) >= 11 is 6.04. The number of methoxy groups -OCH3 is 1. The van der Waals surface area contributed by atoms with E-state index in [4.69, 9.17) is 21.3 Å². The number of rotatable bonds is 3. The molecule has 156 valence electrons. The molecule has 2 aliphatic rings. The van der Waals surface area contributed by atoms with Crippen LogP contribution in [0, 0.1) is 6.92 Å². The van der Waals surface area contributed by atoms with Crippen LogP contribution in [0.1, 0.15) is 24.0 Å². The number of anilines is 1. The molecule has 2 aromatic carbocycles. The van der Waals surface area contributed by atoms with Crippen molar-refractivity contribution in [2.24, 2.45) is 4.99 Å². The molecule has 30 heavy (non-hydrogen) atoms. The summed E-state index contributed by atoms with van der Waals surface area (Å²) in [7, 11) is 1.54. The first-order valence-corrected chi connectivity index (χ1v) is 10.2. The van der Waals surface area contributed by atoms with Crippen molar-refractivity contribution in [1.29, 1.82) is 0 Å². The Hall–Kier alpha value is -3.06. The summed E-state index contributed by atoms with van der Waals surface area (Å²) in [6, 6.07) is 12.6. The zero-order valence-electron chi connectivity index (χ0n) is 16.9. The van der Waals surface area contributed by atoms with Crippen molar-refractivity contribution in [2.45, 2.75) is 25.4 Å². The number of nitrogens with zero attached hydrogens (tertiary/aromatic N) is 2. The molecule has 0 saturated carbocycles. The van der Waals surface area contributed by atoms with E-state index >= 15 is 0 Å². The number of ether oxygens (including phenoxy) is 1. The number of piperidine rings is 1. The van der Waals surface area contributed by atoms with Crippen molar-refractivity contribution < 1.29 is 14.3 Å². The summed E-state index contributed by atoms with van der Waals surface area (Å²) < 4.78 is 5.28. The molecule has 1 saturated heterocycles. The Morgan fingerprint density at radius 1 is 1.20 bits per heavy atom. The minimum absolute atomic E-state index is 0.166. The number of likely N-dealkylation sites (tertiary alicyclic amines) is 1. The largest absolute Gasteiger partial charge is 0.495 e. The number of urea groups is 1. The zero-order chi connectivity index (χ0) is 21.3. The van der Waals surface area contributed by atoms with Crippen LogP contribution >= 0.6 is 11.6 Å². The van der Waals surface area contributed by atoms with Crippen molar-refractivity contribution in [1.82, 2.24) is 10.2 Å². The number of hydrogen-bond donors (Lipinski definition) is 2. The maximum atomic E-state index is 12.7. The van der Waals surface area contributed by atoms with Gasteiger partial charge < -0.3 is 20.3 Å². The second-order valence-corrected chi connectivity index (χ2v) is 8.01. The molecular weight excluding hydrogens is 404 g/mol. The van der Waals surface area contributed by atoms with Crippen LogP contribution in [0.25, 0.3) is 0 Å².